The molecule has 33 heavy (non-hydrogen) atoms. The van der Waals surface area contributed by atoms with Crippen LogP contribution in [0.4, 0.5) is 0 Å². The number of hydrogen-bond acceptors (Lipinski definition) is 6. The number of benzene rings is 2. The summed E-state index contributed by atoms with van der Waals surface area (Å²) in [6.07, 6.45) is 0.969. The number of fused-ring (bicyclic) bond motifs is 1. The lowest BCUT2D eigenvalue weighted by molar-refractivity contribution is 0.540. The van der Waals surface area contributed by atoms with Gasteiger partial charge in [0.25, 0.3) is 5.56 Å². The van der Waals surface area contributed by atoms with E-state index in [-0.39, 0.29) is 5.56 Å². The summed E-state index contributed by atoms with van der Waals surface area (Å²) in [5, 5.41) is 12.6. The maximum absolute atomic E-state index is 12.4. The van der Waals surface area contributed by atoms with Crippen molar-refractivity contribution in [2.45, 2.75) is 31.2 Å². The molecule has 3 heterocycles. The lowest BCUT2D eigenvalue weighted by Gasteiger charge is -2.02. The highest BCUT2D eigenvalue weighted by Crippen LogP contribution is 2.28. The number of halogens is 1. The van der Waals surface area contributed by atoms with Crippen LogP contribution in [0.5, 0.6) is 0 Å². The molecule has 0 saturated heterocycles. The molecule has 0 atom stereocenters. The molecular formula is C24H20ClN5O2S. The number of thioether (sulfide) groups is 1. The molecule has 5 rings (SSSR count). The van der Waals surface area contributed by atoms with Crippen LogP contribution in [0.2, 0.25) is 5.02 Å². The van der Waals surface area contributed by atoms with Gasteiger partial charge in [0.05, 0.1) is 11.4 Å². The number of aryl methyl sites for hydroxylation is 2. The Balaban J connectivity index is 1.43. The van der Waals surface area contributed by atoms with Crippen molar-refractivity contribution in [2.24, 2.45) is 0 Å². The fourth-order valence-electron chi connectivity index (χ4n) is 3.48. The zero-order valence-electron chi connectivity index (χ0n) is 18.0. The minimum Gasteiger partial charge on any atom is -0.441 e. The highest BCUT2D eigenvalue weighted by molar-refractivity contribution is 7.98. The Bertz CT molecular complexity index is 1500. The van der Waals surface area contributed by atoms with Crippen LogP contribution in [0.1, 0.15) is 23.9 Å². The van der Waals surface area contributed by atoms with E-state index >= 15 is 0 Å². The van der Waals surface area contributed by atoms with Crippen molar-refractivity contribution in [3.05, 3.63) is 87.0 Å². The number of aromatic nitrogens is 5. The molecule has 0 radical (unpaired) electrons. The second-order valence-corrected chi connectivity index (χ2v) is 8.91. The predicted octanol–water partition coefficient (Wildman–Crippen LogP) is 5.56. The first kappa shape index (κ1) is 21.5. The van der Waals surface area contributed by atoms with Crippen LogP contribution in [-0.4, -0.2) is 24.8 Å². The molecule has 9 heteroatoms. The van der Waals surface area contributed by atoms with Crippen molar-refractivity contribution in [1.29, 1.82) is 0 Å². The molecule has 0 fully saturated rings. The van der Waals surface area contributed by atoms with Gasteiger partial charge in [-0.05, 0) is 43.2 Å². The van der Waals surface area contributed by atoms with Crippen LogP contribution in [0, 0.1) is 6.92 Å². The Morgan fingerprint density at radius 1 is 1.12 bits per heavy atom. The normalized spacial score (nSPS) is 11.4. The van der Waals surface area contributed by atoms with Gasteiger partial charge in [-0.1, -0.05) is 60.6 Å². The third kappa shape index (κ3) is 4.31. The Hall–Kier alpha value is -3.36. The van der Waals surface area contributed by atoms with Crippen LogP contribution < -0.4 is 5.56 Å². The van der Waals surface area contributed by atoms with E-state index in [2.05, 4.69) is 39.3 Å². The number of rotatable bonds is 6. The number of aromatic amines is 1. The number of nitrogens with zero attached hydrogens (tertiary/aromatic N) is 4. The van der Waals surface area contributed by atoms with E-state index in [9.17, 15) is 4.79 Å². The van der Waals surface area contributed by atoms with E-state index in [0.29, 0.717) is 27.3 Å². The molecule has 0 bridgehead atoms. The Morgan fingerprint density at radius 3 is 2.70 bits per heavy atom. The summed E-state index contributed by atoms with van der Waals surface area (Å²) in [4.78, 5) is 17.0. The average molecular weight is 478 g/mol. The van der Waals surface area contributed by atoms with Crippen molar-refractivity contribution < 1.29 is 4.42 Å². The maximum atomic E-state index is 12.4. The summed E-state index contributed by atoms with van der Waals surface area (Å²) in [6.45, 7) is 3.99. The zero-order chi connectivity index (χ0) is 22.9. The number of H-pyrrole nitrogens is 1. The first-order valence-electron chi connectivity index (χ1n) is 10.4. The summed E-state index contributed by atoms with van der Waals surface area (Å²) in [6, 6.07) is 17.3. The molecule has 0 aliphatic heterocycles. The molecule has 0 amide bonds. The SMILES string of the molecule is CCc1ccc(-c2cc3c(=O)[nH]nc(SCc4nc(-c5cccc(Cl)c5)oc4C)n3n2)cc1. The maximum Gasteiger partial charge on any atom is 0.290 e. The second kappa shape index (κ2) is 8.88. The highest BCUT2D eigenvalue weighted by Gasteiger charge is 2.16. The smallest absolute Gasteiger partial charge is 0.290 e. The van der Waals surface area contributed by atoms with E-state index in [0.717, 1.165) is 34.7 Å². The number of nitrogens with one attached hydrogen (secondary N) is 1. The summed E-state index contributed by atoms with van der Waals surface area (Å²) in [7, 11) is 0. The first-order valence-corrected chi connectivity index (χ1v) is 11.8. The first-order chi connectivity index (χ1) is 16.0. The molecular weight excluding hydrogens is 458 g/mol. The third-order valence-corrected chi connectivity index (χ3v) is 6.51. The topological polar surface area (TPSA) is 89.1 Å². The monoisotopic (exact) mass is 477 g/mol. The second-order valence-electron chi connectivity index (χ2n) is 7.53. The molecule has 0 aliphatic carbocycles. The lowest BCUT2D eigenvalue weighted by Crippen LogP contribution is -2.13. The molecule has 1 N–H and O–H groups in total. The van der Waals surface area contributed by atoms with Crippen LogP contribution in [0.25, 0.3) is 28.2 Å². The van der Waals surface area contributed by atoms with Crippen LogP contribution >= 0.6 is 23.4 Å². The van der Waals surface area contributed by atoms with Crippen molar-refractivity contribution in [1.82, 2.24) is 24.8 Å². The largest absolute Gasteiger partial charge is 0.441 e. The molecule has 0 spiro atoms. The van der Waals surface area contributed by atoms with Crippen molar-refractivity contribution in [3.8, 4) is 22.7 Å². The Labute approximate surface area is 198 Å². The molecule has 166 valence electrons. The predicted molar refractivity (Wildman–Crippen MR) is 130 cm³/mol. The fraction of sp³-hybridized carbons (Fsp3) is 0.167. The van der Waals surface area contributed by atoms with Gasteiger partial charge in [-0.15, -0.1) is 5.10 Å². The van der Waals surface area contributed by atoms with Gasteiger partial charge in [0.2, 0.25) is 11.0 Å². The van der Waals surface area contributed by atoms with Gasteiger partial charge >= 0.3 is 0 Å². The van der Waals surface area contributed by atoms with Gasteiger partial charge in [0.15, 0.2) is 0 Å². The van der Waals surface area contributed by atoms with Gasteiger partial charge in [0.1, 0.15) is 11.3 Å². The molecule has 3 aromatic heterocycles. The van der Waals surface area contributed by atoms with Gasteiger partial charge in [-0.25, -0.2) is 14.6 Å². The van der Waals surface area contributed by atoms with Crippen LogP contribution in [-0.2, 0) is 12.2 Å². The zero-order valence-corrected chi connectivity index (χ0v) is 19.6. The van der Waals surface area contributed by atoms with Crippen LogP contribution in [0.15, 0.2) is 69.0 Å². The third-order valence-electron chi connectivity index (χ3n) is 5.34. The van der Waals surface area contributed by atoms with Gasteiger partial charge in [0, 0.05) is 21.9 Å². The highest BCUT2D eigenvalue weighted by atomic mass is 35.5. The molecule has 2 aromatic carbocycles. The quantitative estimate of drug-likeness (QED) is 0.322. The van der Waals surface area contributed by atoms with E-state index < -0.39 is 0 Å². The van der Waals surface area contributed by atoms with E-state index in [1.807, 2.05) is 37.3 Å². The minimum absolute atomic E-state index is 0.288. The van der Waals surface area contributed by atoms with E-state index in [4.69, 9.17) is 16.0 Å². The number of hydrogen-bond donors (Lipinski definition) is 1. The summed E-state index contributed by atoms with van der Waals surface area (Å²) in [5.41, 5.74) is 4.68. The number of oxazole rings is 1. The minimum atomic E-state index is -0.288. The van der Waals surface area contributed by atoms with Crippen LogP contribution in [0.3, 0.4) is 0 Å². The van der Waals surface area contributed by atoms with Crippen molar-refractivity contribution in [2.75, 3.05) is 0 Å². The van der Waals surface area contributed by atoms with E-state index in [1.165, 1.54) is 17.3 Å². The molecule has 0 saturated carbocycles. The standard InChI is InChI=1S/C24H20ClN5O2S/c1-3-15-7-9-16(10-8-15)19-12-21-22(31)27-28-24(30(21)29-19)33-13-20-14(2)32-23(26-20)17-5-4-6-18(25)11-17/h4-12H,3,13H2,1-2H3,(H,27,31). The van der Waals surface area contributed by atoms with Gasteiger partial charge < -0.3 is 4.42 Å². The molecule has 5 aromatic rings. The van der Waals surface area contributed by atoms with Gasteiger partial charge in [-0.3, -0.25) is 4.79 Å². The van der Waals surface area contributed by atoms with Gasteiger partial charge in [-0.2, -0.15) is 5.10 Å². The molecule has 0 unspecified atom stereocenters. The Morgan fingerprint density at radius 2 is 1.94 bits per heavy atom. The Kier molecular flexibility index (Phi) is 5.78. The summed E-state index contributed by atoms with van der Waals surface area (Å²) < 4.78 is 7.43. The summed E-state index contributed by atoms with van der Waals surface area (Å²) >= 11 is 7.51. The lowest BCUT2D eigenvalue weighted by atomic mass is 10.1. The summed E-state index contributed by atoms with van der Waals surface area (Å²) in [5.74, 6) is 1.74. The van der Waals surface area contributed by atoms with Crippen molar-refractivity contribution in [3.63, 3.8) is 0 Å². The molecule has 7 nitrogen and oxygen atoms in total. The molecule has 0 aliphatic rings. The van der Waals surface area contributed by atoms with Crippen molar-refractivity contribution >= 4 is 28.9 Å². The van der Waals surface area contributed by atoms with E-state index in [1.54, 1.807) is 16.6 Å². The average Bonchev–Trinajstić information content (AvgIpc) is 3.44. The fourth-order valence-corrected chi connectivity index (χ4v) is 4.57.